The minimum absolute atomic E-state index is 0.769. The SMILES string of the molecule is [B]=C(C)C=C. The molecule has 0 atom stereocenters. The Morgan fingerprint density at radius 2 is 2.20 bits per heavy atom. The van der Waals surface area contributed by atoms with Gasteiger partial charge in [-0.15, -0.1) is 0 Å². The van der Waals surface area contributed by atoms with Crippen LogP contribution in [-0.4, -0.2) is 13.0 Å². The maximum absolute atomic E-state index is 5.09. The Hall–Kier alpha value is -0.325. The molecule has 0 heterocycles. The van der Waals surface area contributed by atoms with Gasteiger partial charge in [0, 0.05) is 0 Å². The molecule has 0 fully saturated rings. The van der Waals surface area contributed by atoms with Crippen LogP contribution in [0.2, 0.25) is 0 Å². The van der Waals surface area contributed by atoms with Gasteiger partial charge >= 0.3 is 32.5 Å². The predicted molar refractivity (Wildman–Crippen MR) is 26.6 cm³/mol. The van der Waals surface area contributed by atoms with E-state index in [1.807, 2.05) is 0 Å². The van der Waals surface area contributed by atoms with Crippen molar-refractivity contribution in [1.82, 2.24) is 0 Å². The molecule has 0 bridgehead atoms. The molecule has 0 rings (SSSR count). The fraction of sp³-hybridized carbons (Fsp3) is 0.250. The summed E-state index contributed by atoms with van der Waals surface area (Å²) in [5, 5.41) is 0. The van der Waals surface area contributed by atoms with Gasteiger partial charge in [0.05, 0.1) is 0 Å². The van der Waals surface area contributed by atoms with Gasteiger partial charge in [-0.1, -0.05) is 0 Å². The molecule has 0 aromatic carbocycles. The number of hydrogen-bond acceptors (Lipinski definition) is 0. The summed E-state index contributed by atoms with van der Waals surface area (Å²) in [7, 11) is 5.09. The Morgan fingerprint density at radius 1 is 2.00 bits per heavy atom. The van der Waals surface area contributed by atoms with Crippen LogP contribution in [0.3, 0.4) is 0 Å². The van der Waals surface area contributed by atoms with Crippen LogP contribution in [0.4, 0.5) is 0 Å². The molecule has 1 radical (unpaired) electrons. The number of hydrogen-bond donors (Lipinski definition) is 0. The number of rotatable bonds is 1. The predicted octanol–water partition coefficient (Wildman–Crippen LogP) is 0.533. The molecule has 0 nitrogen and oxygen atoms in total. The summed E-state index contributed by atoms with van der Waals surface area (Å²) in [5.74, 6) is 0. The first-order valence-corrected chi connectivity index (χ1v) is 1.49. The first-order chi connectivity index (χ1) is 2.27. The monoisotopic (exact) mass is 65.1 g/mol. The van der Waals surface area contributed by atoms with Gasteiger partial charge in [0.15, 0.2) is 0 Å². The molecule has 1 heteroatoms. The quantitative estimate of drug-likeness (QED) is 0.391. The maximum atomic E-state index is 5.09. The van der Waals surface area contributed by atoms with E-state index < -0.39 is 0 Å². The van der Waals surface area contributed by atoms with Crippen molar-refractivity contribution in [3.05, 3.63) is 12.7 Å². The van der Waals surface area contributed by atoms with Crippen LogP contribution in [0.1, 0.15) is 6.92 Å². The van der Waals surface area contributed by atoms with Crippen LogP contribution >= 0.6 is 0 Å². The minimum atomic E-state index is 0.769. The molecule has 0 unspecified atom stereocenters. The average Bonchev–Trinajstić information content (AvgIpc) is 1.38. The molecule has 25 valence electrons. The summed E-state index contributed by atoms with van der Waals surface area (Å²) >= 11 is 0. The van der Waals surface area contributed by atoms with Crippen LogP contribution in [0.5, 0.6) is 0 Å². The van der Waals surface area contributed by atoms with Gasteiger partial charge in [-0.05, 0) is 0 Å². The van der Waals surface area contributed by atoms with Crippen molar-refractivity contribution in [2.45, 2.75) is 6.92 Å². The van der Waals surface area contributed by atoms with E-state index in [9.17, 15) is 0 Å². The molecular formula is C4H6B. The fourth-order valence-electron chi connectivity index (χ4n) is 0. The average molecular weight is 64.9 g/mol. The van der Waals surface area contributed by atoms with E-state index in [1.165, 1.54) is 0 Å². The second kappa shape index (κ2) is 1.95. The third-order valence-electron chi connectivity index (χ3n) is 0.322. The van der Waals surface area contributed by atoms with E-state index in [1.54, 1.807) is 13.0 Å². The van der Waals surface area contributed by atoms with Gasteiger partial charge in [0.1, 0.15) is 0 Å². The molecule has 0 aliphatic rings. The summed E-state index contributed by atoms with van der Waals surface area (Å²) < 4.78 is 0. The van der Waals surface area contributed by atoms with Crippen molar-refractivity contribution in [2.75, 3.05) is 0 Å². The van der Waals surface area contributed by atoms with E-state index in [0.717, 1.165) is 5.46 Å². The molecule has 0 amide bonds. The molecule has 0 aromatic rings. The van der Waals surface area contributed by atoms with E-state index in [-0.39, 0.29) is 0 Å². The summed E-state index contributed by atoms with van der Waals surface area (Å²) in [5.41, 5.74) is 0.769. The molecular weight excluding hydrogens is 58.9 g/mol. The number of allylic oxidation sites excluding steroid dienone is 1. The van der Waals surface area contributed by atoms with Crippen LogP contribution in [0.15, 0.2) is 12.7 Å². The zero-order valence-corrected chi connectivity index (χ0v) is 3.36. The van der Waals surface area contributed by atoms with Crippen molar-refractivity contribution in [3.63, 3.8) is 0 Å². The van der Waals surface area contributed by atoms with Gasteiger partial charge in [-0.3, -0.25) is 0 Å². The van der Waals surface area contributed by atoms with Crippen LogP contribution in [0.25, 0.3) is 0 Å². The van der Waals surface area contributed by atoms with Gasteiger partial charge < -0.3 is 0 Å². The van der Waals surface area contributed by atoms with Crippen molar-refractivity contribution in [1.29, 1.82) is 0 Å². The van der Waals surface area contributed by atoms with Gasteiger partial charge in [0.2, 0.25) is 0 Å². The third kappa shape index (κ3) is 3.67. The topological polar surface area (TPSA) is 0 Å². The Bertz CT molecular complexity index is 54.7. The van der Waals surface area contributed by atoms with E-state index >= 15 is 0 Å². The Morgan fingerprint density at radius 3 is 2.20 bits per heavy atom. The second-order valence-corrected chi connectivity index (χ2v) is 0.948. The summed E-state index contributed by atoms with van der Waals surface area (Å²) in [6.45, 7) is 5.20. The zero-order chi connectivity index (χ0) is 4.28. The van der Waals surface area contributed by atoms with Crippen LogP contribution < -0.4 is 0 Å². The molecule has 0 saturated carbocycles. The van der Waals surface area contributed by atoms with E-state index in [4.69, 9.17) is 7.49 Å². The Kier molecular flexibility index (Phi) is 1.82. The normalized spacial score (nSPS) is 6.40. The second-order valence-electron chi connectivity index (χ2n) is 0.948. The summed E-state index contributed by atoms with van der Waals surface area (Å²) in [6, 6.07) is 0. The van der Waals surface area contributed by atoms with Crippen molar-refractivity contribution >= 4 is 13.0 Å². The van der Waals surface area contributed by atoms with Crippen LogP contribution in [-0.2, 0) is 0 Å². The molecule has 5 heavy (non-hydrogen) atoms. The van der Waals surface area contributed by atoms with Gasteiger partial charge in [0.25, 0.3) is 0 Å². The first kappa shape index (κ1) is 4.67. The molecule has 0 aliphatic carbocycles. The molecule has 0 aromatic heterocycles. The zero-order valence-electron chi connectivity index (χ0n) is 3.36. The van der Waals surface area contributed by atoms with Crippen molar-refractivity contribution in [2.24, 2.45) is 0 Å². The van der Waals surface area contributed by atoms with Crippen LogP contribution in [0, 0.1) is 0 Å². The molecule has 0 spiro atoms. The van der Waals surface area contributed by atoms with E-state index in [0.29, 0.717) is 0 Å². The summed E-state index contributed by atoms with van der Waals surface area (Å²) in [6.07, 6.45) is 1.61. The molecule has 0 N–H and O–H groups in total. The van der Waals surface area contributed by atoms with Crippen molar-refractivity contribution < 1.29 is 0 Å². The standard InChI is InChI=1S/C4H6B/c1-3-4(2)5/h3H,1H2,2H3. The molecule has 0 saturated heterocycles. The van der Waals surface area contributed by atoms with Gasteiger partial charge in [-0.2, -0.15) is 0 Å². The van der Waals surface area contributed by atoms with E-state index in [2.05, 4.69) is 6.58 Å². The Balaban J connectivity index is 3.20. The van der Waals surface area contributed by atoms with Crippen molar-refractivity contribution in [3.8, 4) is 0 Å². The summed E-state index contributed by atoms with van der Waals surface area (Å²) in [4.78, 5) is 0. The first-order valence-electron chi connectivity index (χ1n) is 1.49. The Labute approximate surface area is 33.6 Å². The fourth-order valence-corrected chi connectivity index (χ4v) is 0. The molecule has 0 aliphatic heterocycles. The van der Waals surface area contributed by atoms with Gasteiger partial charge in [-0.25, -0.2) is 0 Å². The third-order valence-corrected chi connectivity index (χ3v) is 0.322.